The van der Waals surface area contributed by atoms with Crippen LogP contribution in [-0.2, 0) is 13.1 Å². The first kappa shape index (κ1) is 13.3. The molecule has 2 heterocycles. The monoisotopic (exact) mass is 284 g/mol. The molecular formula is C14H16N6O. The topological polar surface area (TPSA) is 105 Å². The number of hydrogen-bond donors (Lipinski definition) is 2. The number of hydrogen-bond acceptors (Lipinski definition) is 6. The number of imidazole rings is 1. The summed E-state index contributed by atoms with van der Waals surface area (Å²) in [6.07, 6.45) is 2.36. The van der Waals surface area contributed by atoms with Gasteiger partial charge in [-0.2, -0.15) is 9.97 Å². The van der Waals surface area contributed by atoms with Gasteiger partial charge in [0, 0.05) is 6.42 Å². The van der Waals surface area contributed by atoms with Crippen LogP contribution in [0.3, 0.4) is 0 Å². The van der Waals surface area contributed by atoms with Crippen LogP contribution in [0.1, 0.15) is 5.56 Å². The second-order valence-corrected chi connectivity index (χ2v) is 4.54. The van der Waals surface area contributed by atoms with Crippen LogP contribution in [0.4, 0.5) is 5.82 Å². The Hall–Kier alpha value is -2.67. The zero-order chi connectivity index (χ0) is 14.7. The van der Waals surface area contributed by atoms with E-state index in [0.29, 0.717) is 23.6 Å². The van der Waals surface area contributed by atoms with Gasteiger partial charge < -0.3 is 20.8 Å². The summed E-state index contributed by atoms with van der Waals surface area (Å²) in [5, 5.41) is 0. The maximum absolute atomic E-state index is 5.86. The predicted molar refractivity (Wildman–Crippen MR) is 79.6 cm³/mol. The lowest BCUT2D eigenvalue weighted by atomic mass is 10.2. The quantitative estimate of drug-likeness (QED) is 0.722. The number of nitrogens with two attached hydrogens (primary N) is 2. The van der Waals surface area contributed by atoms with E-state index in [0.717, 1.165) is 6.42 Å². The lowest BCUT2D eigenvalue weighted by Gasteiger charge is -2.06. The Morgan fingerprint density at radius 2 is 1.95 bits per heavy atom. The van der Waals surface area contributed by atoms with Gasteiger partial charge in [-0.05, 0) is 5.56 Å². The molecule has 0 saturated carbocycles. The van der Waals surface area contributed by atoms with Gasteiger partial charge in [-0.3, -0.25) is 0 Å². The molecule has 0 atom stereocenters. The van der Waals surface area contributed by atoms with E-state index in [-0.39, 0.29) is 12.7 Å². The van der Waals surface area contributed by atoms with Crippen molar-refractivity contribution in [2.75, 3.05) is 12.3 Å². The molecule has 3 rings (SSSR count). The van der Waals surface area contributed by atoms with Gasteiger partial charge in [-0.15, -0.1) is 0 Å². The Morgan fingerprint density at radius 1 is 1.14 bits per heavy atom. The molecular weight excluding hydrogens is 268 g/mol. The van der Waals surface area contributed by atoms with Crippen molar-refractivity contribution in [3.63, 3.8) is 0 Å². The highest BCUT2D eigenvalue weighted by atomic mass is 16.5. The molecule has 0 aliphatic heterocycles. The molecule has 21 heavy (non-hydrogen) atoms. The van der Waals surface area contributed by atoms with Gasteiger partial charge in [0.15, 0.2) is 17.0 Å². The summed E-state index contributed by atoms with van der Waals surface area (Å²) in [5.41, 5.74) is 13.8. The predicted octanol–water partition coefficient (Wildman–Crippen LogP) is 0.946. The van der Waals surface area contributed by atoms with Gasteiger partial charge in [0.2, 0.25) is 0 Å². The van der Waals surface area contributed by atoms with Crippen molar-refractivity contribution in [1.82, 2.24) is 19.5 Å². The lowest BCUT2D eigenvalue weighted by Crippen LogP contribution is -2.09. The van der Waals surface area contributed by atoms with E-state index in [2.05, 4.69) is 15.0 Å². The van der Waals surface area contributed by atoms with Gasteiger partial charge in [0.25, 0.3) is 0 Å². The SMILES string of the molecule is NCn1cnc2c(N)nc(OCCc3ccccc3)nc21. The fourth-order valence-electron chi connectivity index (χ4n) is 2.05. The number of fused-ring (bicyclic) bond motifs is 1. The summed E-state index contributed by atoms with van der Waals surface area (Å²) >= 11 is 0. The molecule has 0 saturated heterocycles. The Morgan fingerprint density at radius 3 is 2.71 bits per heavy atom. The molecule has 0 spiro atoms. The highest BCUT2D eigenvalue weighted by Gasteiger charge is 2.11. The number of ether oxygens (including phenoxy) is 1. The number of benzene rings is 1. The van der Waals surface area contributed by atoms with E-state index >= 15 is 0 Å². The van der Waals surface area contributed by atoms with Gasteiger partial charge >= 0.3 is 6.01 Å². The number of aromatic nitrogens is 4. The van der Waals surface area contributed by atoms with E-state index in [9.17, 15) is 0 Å². The minimum Gasteiger partial charge on any atom is -0.463 e. The van der Waals surface area contributed by atoms with Crippen LogP contribution >= 0.6 is 0 Å². The first-order valence-electron chi connectivity index (χ1n) is 6.63. The van der Waals surface area contributed by atoms with E-state index in [1.807, 2.05) is 30.3 Å². The van der Waals surface area contributed by atoms with Crippen LogP contribution in [0, 0.1) is 0 Å². The molecule has 108 valence electrons. The summed E-state index contributed by atoms with van der Waals surface area (Å²) in [4.78, 5) is 12.5. The van der Waals surface area contributed by atoms with E-state index in [1.54, 1.807) is 10.9 Å². The fourth-order valence-corrected chi connectivity index (χ4v) is 2.05. The van der Waals surface area contributed by atoms with E-state index in [1.165, 1.54) is 5.56 Å². The third-order valence-electron chi connectivity index (χ3n) is 3.13. The van der Waals surface area contributed by atoms with Crippen LogP contribution in [0.25, 0.3) is 11.2 Å². The number of nitrogen functional groups attached to an aromatic ring is 1. The Bertz CT molecular complexity index is 740. The molecule has 7 nitrogen and oxygen atoms in total. The Balaban J connectivity index is 1.75. The molecule has 4 N–H and O–H groups in total. The summed E-state index contributed by atoms with van der Waals surface area (Å²) < 4.78 is 7.28. The van der Waals surface area contributed by atoms with Gasteiger partial charge in [-0.1, -0.05) is 30.3 Å². The van der Waals surface area contributed by atoms with Crippen LogP contribution in [0.5, 0.6) is 6.01 Å². The first-order chi connectivity index (χ1) is 10.3. The summed E-state index contributed by atoms with van der Waals surface area (Å²) in [6, 6.07) is 10.3. The molecule has 0 radical (unpaired) electrons. The van der Waals surface area contributed by atoms with Crippen molar-refractivity contribution < 1.29 is 4.74 Å². The summed E-state index contributed by atoms with van der Waals surface area (Å²) in [6.45, 7) is 0.752. The molecule has 7 heteroatoms. The third-order valence-corrected chi connectivity index (χ3v) is 3.13. The third kappa shape index (κ3) is 2.77. The number of rotatable bonds is 5. The minimum atomic E-state index is 0.242. The zero-order valence-electron chi connectivity index (χ0n) is 11.4. The second-order valence-electron chi connectivity index (χ2n) is 4.54. The largest absolute Gasteiger partial charge is 0.463 e. The molecule has 0 aliphatic rings. The summed E-state index contributed by atoms with van der Waals surface area (Å²) in [7, 11) is 0. The molecule has 2 aromatic heterocycles. The molecule has 0 unspecified atom stereocenters. The van der Waals surface area contributed by atoms with Gasteiger partial charge in [-0.25, -0.2) is 4.98 Å². The van der Waals surface area contributed by atoms with E-state index < -0.39 is 0 Å². The number of anilines is 1. The Labute approximate surface area is 121 Å². The van der Waals surface area contributed by atoms with Crippen molar-refractivity contribution >= 4 is 17.0 Å². The second kappa shape index (κ2) is 5.76. The molecule has 0 bridgehead atoms. The highest BCUT2D eigenvalue weighted by molar-refractivity contribution is 5.81. The molecule has 0 fully saturated rings. The van der Waals surface area contributed by atoms with Crippen LogP contribution in [0.15, 0.2) is 36.7 Å². The van der Waals surface area contributed by atoms with Crippen LogP contribution in [-0.4, -0.2) is 26.1 Å². The molecule has 1 aromatic carbocycles. The normalized spacial score (nSPS) is 10.9. The summed E-state index contributed by atoms with van der Waals surface area (Å²) in [5.74, 6) is 0.293. The van der Waals surface area contributed by atoms with Crippen molar-refractivity contribution in [3.05, 3.63) is 42.2 Å². The van der Waals surface area contributed by atoms with E-state index in [4.69, 9.17) is 16.2 Å². The van der Waals surface area contributed by atoms with Crippen molar-refractivity contribution in [3.8, 4) is 6.01 Å². The average Bonchev–Trinajstić information content (AvgIpc) is 2.92. The zero-order valence-corrected chi connectivity index (χ0v) is 11.4. The van der Waals surface area contributed by atoms with Gasteiger partial charge in [0.05, 0.1) is 19.6 Å². The molecule has 0 amide bonds. The van der Waals surface area contributed by atoms with Crippen LogP contribution in [0.2, 0.25) is 0 Å². The Kier molecular flexibility index (Phi) is 3.65. The standard InChI is InChI=1S/C14H16N6O/c15-8-20-9-17-11-12(16)18-14(19-13(11)20)21-7-6-10-4-2-1-3-5-10/h1-5,9H,6-8,15H2,(H2,16,18,19). The van der Waals surface area contributed by atoms with Gasteiger partial charge in [0.1, 0.15) is 0 Å². The van der Waals surface area contributed by atoms with Crippen molar-refractivity contribution in [2.24, 2.45) is 5.73 Å². The smallest absolute Gasteiger partial charge is 0.320 e. The molecule has 3 aromatic rings. The average molecular weight is 284 g/mol. The fraction of sp³-hybridized carbons (Fsp3) is 0.214. The minimum absolute atomic E-state index is 0.242. The number of nitrogens with zero attached hydrogens (tertiary/aromatic N) is 4. The van der Waals surface area contributed by atoms with Crippen molar-refractivity contribution in [1.29, 1.82) is 0 Å². The van der Waals surface area contributed by atoms with Crippen LogP contribution < -0.4 is 16.2 Å². The lowest BCUT2D eigenvalue weighted by molar-refractivity contribution is 0.297. The van der Waals surface area contributed by atoms with Crippen molar-refractivity contribution in [2.45, 2.75) is 13.1 Å². The maximum Gasteiger partial charge on any atom is 0.320 e. The maximum atomic E-state index is 5.86. The highest BCUT2D eigenvalue weighted by Crippen LogP contribution is 2.18. The molecule has 0 aliphatic carbocycles. The first-order valence-corrected chi connectivity index (χ1v) is 6.63.